The third-order valence-electron chi connectivity index (χ3n) is 3.40. The summed E-state index contributed by atoms with van der Waals surface area (Å²) in [5, 5.41) is 0. The highest BCUT2D eigenvalue weighted by molar-refractivity contribution is 7.88. The van der Waals surface area contributed by atoms with Gasteiger partial charge in [-0.3, -0.25) is 4.79 Å². The van der Waals surface area contributed by atoms with Gasteiger partial charge in [-0.2, -0.15) is 4.31 Å². The molecule has 0 N–H and O–H groups in total. The van der Waals surface area contributed by atoms with Crippen molar-refractivity contribution in [3.8, 4) is 0 Å². The van der Waals surface area contributed by atoms with Gasteiger partial charge in [0.1, 0.15) is 5.76 Å². The van der Waals surface area contributed by atoms with Crippen molar-refractivity contribution in [2.24, 2.45) is 0 Å². The summed E-state index contributed by atoms with van der Waals surface area (Å²) in [7, 11) is -3.45. The lowest BCUT2D eigenvalue weighted by Crippen LogP contribution is -2.44. The Labute approximate surface area is 119 Å². The van der Waals surface area contributed by atoms with Gasteiger partial charge in [0.2, 0.25) is 15.9 Å². The second-order valence-electron chi connectivity index (χ2n) is 5.05. The Balaban J connectivity index is 2.02. The van der Waals surface area contributed by atoms with E-state index in [1.165, 1.54) is 6.26 Å². The molecule has 1 fully saturated rings. The zero-order chi connectivity index (χ0) is 14.6. The third-order valence-corrected chi connectivity index (χ3v) is 4.60. The number of hydrogen-bond donors (Lipinski definition) is 0. The SMILES string of the molecule is CS(=O)(=O)N(CC(=O)N1CCCCC1)Cc1ccco1. The van der Waals surface area contributed by atoms with E-state index in [0.29, 0.717) is 5.76 Å². The molecular weight excluding hydrogens is 280 g/mol. The van der Waals surface area contributed by atoms with Gasteiger partial charge in [0.15, 0.2) is 0 Å². The van der Waals surface area contributed by atoms with Gasteiger partial charge in [-0.25, -0.2) is 8.42 Å². The molecule has 0 bridgehead atoms. The van der Waals surface area contributed by atoms with E-state index in [9.17, 15) is 13.2 Å². The molecule has 112 valence electrons. The van der Waals surface area contributed by atoms with Crippen LogP contribution in [0.25, 0.3) is 0 Å². The largest absolute Gasteiger partial charge is 0.468 e. The third kappa shape index (κ3) is 4.08. The Bertz CT molecular complexity index is 533. The molecule has 0 aliphatic carbocycles. The fraction of sp³-hybridized carbons (Fsp3) is 0.615. The second kappa shape index (κ2) is 6.41. The molecule has 0 atom stereocenters. The van der Waals surface area contributed by atoms with Gasteiger partial charge in [0.05, 0.1) is 25.6 Å². The number of sulfonamides is 1. The summed E-state index contributed by atoms with van der Waals surface area (Å²) in [5.41, 5.74) is 0. The maximum absolute atomic E-state index is 12.2. The minimum atomic E-state index is -3.45. The lowest BCUT2D eigenvalue weighted by Gasteiger charge is -2.29. The van der Waals surface area contributed by atoms with Crippen LogP contribution in [0.3, 0.4) is 0 Å². The zero-order valence-electron chi connectivity index (χ0n) is 11.6. The fourth-order valence-electron chi connectivity index (χ4n) is 2.26. The summed E-state index contributed by atoms with van der Waals surface area (Å²) in [4.78, 5) is 13.9. The number of carbonyl (C=O) groups excluding carboxylic acids is 1. The van der Waals surface area contributed by atoms with Crippen LogP contribution in [-0.2, 0) is 21.4 Å². The zero-order valence-corrected chi connectivity index (χ0v) is 12.4. The molecule has 1 aromatic rings. The Kier molecular flexibility index (Phi) is 4.82. The first-order chi connectivity index (χ1) is 9.47. The van der Waals surface area contributed by atoms with Gasteiger partial charge in [-0.15, -0.1) is 0 Å². The van der Waals surface area contributed by atoms with E-state index in [1.807, 2.05) is 0 Å². The molecule has 20 heavy (non-hydrogen) atoms. The molecule has 7 heteroatoms. The number of amides is 1. The van der Waals surface area contributed by atoms with Crippen LogP contribution in [0, 0.1) is 0 Å². The van der Waals surface area contributed by atoms with E-state index in [0.717, 1.165) is 42.9 Å². The molecule has 0 aromatic carbocycles. The topological polar surface area (TPSA) is 70.8 Å². The first kappa shape index (κ1) is 15.1. The van der Waals surface area contributed by atoms with E-state index < -0.39 is 10.0 Å². The molecule has 1 aromatic heterocycles. The molecule has 0 spiro atoms. The standard InChI is InChI=1S/C13H20N2O4S/c1-20(17,18)15(10-12-6-5-9-19-12)11-13(16)14-7-3-2-4-8-14/h5-6,9H,2-4,7-8,10-11H2,1H3. The molecule has 0 saturated carbocycles. The van der Waals surface area contributed by atoms with Crippen LogP contribution < -0.4 is 0 Å². The number of likely N-dealkylation sites (tertiary alicyclic amines) is 1. The summed E-state index contributed by atoms with van der Waals surface area (Å²) < 4.78 is 29.9. The van der Waals surface area contributed by atoms with Crippen molar-refractivity contribution in [1.29, 1.82) is 0 Å². The number of nitrogens with zero attached hydrogens (tertiary/aromatic N) is 2. The van der Waals surface area contributed by atoms with Crippen LogP contribution in [0.5, 0.6) is 0 Å². The lowest BCUT2D eigenvalue weighted by molar-refractivity contribution is -0.132. The molecule has 2 rings (SSSR count). The summed E-state index contributed by atoms with van der Waals surface area (Å²) >= 11 is 0. The van der Waals surface area contributed by atoms with Crippen molar-refractivity contribution in [1.82, 2.24) is 9.21 Å². The molecule has 1 aliphatic rings. The summed E-state index contributed by atoms with van der Waals surface area (Å²) in [6.07, 6.45) is 5.71. The summed E-state index contributed by atoms with van der Waals surface area (Å²) in [6.45, 7) is 1.40. The van der Waals surface area contributed by atoms with E-state index in [2.05, 4.69) is 0 Å². The Morgan fingerprint density at radius 2 is 2.05 bits per heavy atom. The number of rotatable bonds is 5. The Morgan fingerprint density at radius 3 is 2.60 bits per heavy atom. The van der Waals surface area contributed by atoms with Crippen molar-refractivity contribution in [2.45, 2.75) is 25.8 Å². The molecule has 1 aliphatic heterocycles. The van der Waals surface area contributed by atoms with E-state index in [4.69, 9.17) is 4.42 Å². The highest BCUT2D eigenvalue weighted by Crippen LogP contribution is 2.12. The minimum absolute atomic E-state index is 0.0887. The van der Waals surface area contributed by atoms with Crippen LogP contribution in [0.15, 0.2) is 22.8 Å². The highest BCUT2D eigenvalue weighted by atomic mass is 32.2. The van der Waals surface area contributed by atoms with Crippen molar-refractivity contribution in [3.05, 3.63) is 24.2 Å². The molecule has 6 nitrogen and oxygen atoms in total. The van der Waals surface area contributed by atoms with E-state index in [-0.39, 0.29) is 19.0 Å². The van der Waals surface area contributed by atoms with Gasteiger partial charge in [0.25, 0.3) is 0 Å². The van der Waals surface area contributed by atoms with Crippen molar-refractivity contribution >= 4 is 15.9 Å². The molecule has 2 heterocycles. The normalized spacial score (nSPS) is 16.6. The highest BCUT2D eigenvalue weighted by Gasteiger charge is 2.25. The van der Waals surface area contributed by atoms with Gasteiger partial charge in [0, 0.05) is 13.1 Å². The van der Waals surface area contributed by atoms with E-state index in [1.54, 1.807) is 17.0 Å². The van der Waals surface area contributed by atoms with Crippen LogP contribution in [0.1, 0.15) is 25.0 Å². The predicted octanol–water partition coefficient (Wildman–Crippen LogP) is 1.05. The van der Waals surface area contributed by atoms with Crippen LogP contribution in [0.2, 0.25) is 0 Å². The molecule has 0 radical (unpaired) electrons. The summed E-state index contributed by atoms with van der Waals surface area (Å²) in [5.74, 6) is 0.392. The maximum atomic E-state index is 12.2. The maximum Gasteiger partial charge on any atom is 0.237 e. The van der Waals surface area contributed by atoms with Gasteiger partial charge >= 0.3 is 0 Å². The van der Waals surface area contributed by atoms with Crippen LogP contribution in [0.4, 0.5) is 0 Å². The van der Waals surface area contributed by atoms with Crippen molar-refractivity contribution in [2.75, 3.05) is 25.9 Å². The van der Waals surface area contributed by atoms with E-state index >= 15 is 0 Å². The Morgan fingerprint density at radius 1 is 1.35 bits per heavy atom. The fourth-order valence-corrected chi connectivity index (χ4v) is 2.97. The predicted molar refractivity (Wildman–Crippen MR) is 74.4 cm³/mol. The number of furan rings is 1. The second-order valence-corrected chi connectivity index (χ2v) is 7.03. The number of piperidine rings is 1. The lowest BCUT2D eigenvalue weighted by atomic mass is 10.1. The van der Waals surface area contributed by atoms with Gasteiger partial charge in [-0.05, 0) is 31.4 Å². The smallest absolute Gasteiger partial charge is 0.237 e. The first-order valence-electron chi connectivity index (χ1n) is 6.72. The summed E-state index contributed by atoms with van der Waals surface area (Å²) in [6, 6.07) is 3.39. The number of hydrogen-bond acceptors (Lipinski definition) is 4. The van der Waals surface area contributed by atoms with Crippen molar-refractivity contribution < 1.29 is 17.6 Å². The monoisotopic (exact) mass is 300 g/mol. The quantitative estimate of drug-likeness (QED) is 0.815. The van der Waals surface area contributed by atoms with Crippen LogP contribution >= 0.6 is 0 Å². The average molecular weight is 300 g/mol. The molecule has 0 unspecified atom stereocenters. The van der Waals surface area contributed by atoms with Crippen molar-refractivity contribution in [3.63, 3.8) is 0 Å². The van der Waals surface area contributed by atoms with Crippen LogP contribution in [-0.4, -0.2) is 49.4 Å². The first-order valence-corrected chi connectivity index (χ1v) is 8.57. The minimum Gasteiger partial charge on any atom is -0.468 e. The molecular formula is C13H20N2O4S. The number of carbonyl (C=O) groups is 1. The molecule has 1 amide bonds. The Hall–Kier alpha value is -1.34. The van der Waals surface area contributed by atoms with Gasteiger partial charge in [-0.1, -0.05) is 0 Å². The molecule has 1 saturated heterocycles. The van der Waals surface area contributed by atoms with Gasteiger partial charge < -0.3 is 9.32 Å². The average Bonchev–Trinajstić information content (AvgIpc) is 2.91.